The molecule has 0 atom stereocenters. The number of aromatic nitrogens is 4. The molecule has 0 saturated carbocycles. The fourth-order valence-corrected chi connectivity index (χ4v) is 3.63. The molecule has 7 heteroatoms. The van der Waals surface area contributed by atoms with Crippen molar-refractivity contribution in [1.29, 1.82) is 0 Å². The van der Waals surface area contributed by atoms with Gasteiger partial charge in [-0.05, 0) is 30.2 Å². The number of anilines is 1. The molecular formula is C20H17N5OS. The molecule has 27 heavy (non-hydrogen) atoms. The second-order valence-electron chi connectivity index (χ2n) is 6.09. The third kappa shape index (κ3) is 4.09. The molecule has 0 saturated heterocycles. The summed E-state index contributed by atoms with van der Waals surface area (Å²) in [5.74, 6) is -0.246. The van der Waals surface area contributed by atoms with Crippen LogP contribution in [-0.2, 0) is 11.3 Å². The third-order valence-corrected chi connectivity index (χ3v) is 4.94. The van der Waals surface area contributed by atoms with Crippen LogP contribution >= 0.6 is 11.3 Å². The molecule has 2 heterocycles. The Morgan fingerprint density at radius 3 is 2.85 bits per heavy atom. The first kappa shape index (κ1) is 17.1. The van der Waals surface area contributed by atoms with Crippen molar-refractivity contribution in [2.24, 2.45) is 0 Å². The highest BCUT2D eigenvalue weighted by Gasteiger charge is 2.07. The number of nitrogens with zero attached hydrogens (tertiary/aromatic N) is 4. The highest BCUT2D eigenvalue weighted by molar-refractivity contribution is 7.22. The smallest absolute Gasteiger partial charge is 0.250 e. The van der Waals surface area contributed by atoms with Gasteiger partial charge in [-0.25, -0.2) is 9.67 Å². The lowest BCUT2D eigenvalue weighted by Crippen LogP contribution is -2.07. The van der Waals surface area contributed by atoms with Crippen LogP contribution in [0.4, 0.5) is 5.13 Å². The Bertz CT molecular complexity index is 1110. The molecule has 0 aliphatic rings. The molecule has 0 fully saturated rings. The van der Waals surface area contributed by atoms with E-state index in [9.17, 15) is 4.79 Å². The summed E-state index contributed by atoms with van der Waals surface area (Å²) < 4.78 is 2.79. The minimum absolute atomic E-state index is 0.246. The number of aryl methyl sites for hydroxylation is 1. The van der Waals surface area contributed by atoms with E-state index in [1.165, 1.54) is 17.4 Å². The number of benzene rings is 2. The van der Waals surface area contributed by atoms with Crippen molar-refractivity contribution < 1.29 is 4.79 Å². The number of carbonyl (C=O) groups is 1. The normalized spacial score (nSPS) is 11.3. The molecule has 4 aromatic rings. The van der Waals surface area contributed by atoms with Gasteiger partial charge in [0.25, 0.3) is 0 Å². The third-order valence-electron chi connectivity index (χ3n) is 4.00. The first-order chi connectivity index (χ1) is 13.2. The minimum atomic E-state index is -0.246. The monoisotopic (exact) mass is 375 g/mol. The summed E-state index contributed by atoms with van der Waals surface area (Å²) >= 11 is 1.46. The molecule has 134 valence electrons. The second kappa shape index (κ2) is 7.51. The van der Waals surface area contributed by atoms with Crippen LogP contribution in [0.1, 0.15) is 16.8 Å². The Balaban J connectivity index is 1.40. The number of para-hydroxylation sites is 1. The quantitative estimate of drug-likeness (QED) is 0.537. The van der Waals surface area contributed by atoms with Crippen LogP contribution in [0.15, 0.2) is 60.8 Å². The van der Waals surface area contributed by atoms with Gasteiger partial charge in [0.15, 0.2) is 5.13 Å². The van der Waals surface area contributed by atoms with E-state index < -0.39 is 0 Å². The van der Waals surface area contributed by atoms with Gasteiger partial charge in [0.2, 0.25) is 5.91 Å². The van der Waals surface area contributed by atoms with E-state index >= 15 is 0 Å². The Labute approximate surface area is 160 Å². The van der Waals surface area contributed by atoms with E-state index in [4.69, 9.17) is 0 Å². The number of hydrogen-bond acceptors (Lipinski definition) is 5. The molecule has 6 nitrogen and oxygen atoms in total. The van der Waals surface area contributed by atoms with Crippen LogP contribution in [0.3, 0.4) is 0 Å². The lowest BCUT2D eigenvalue weighted by atomic mass is 10.2. The molecule has 0 spiro atoms. The van der Waals surface area contributed by atoms with E-state index in [1.807, 2.05) is 55.5 Å². The molecule has 2 aromatic carbocycles. The van der Waals surface area contributed by atoms with Gasteiger partial charge in [0, 0.05) is 6.08 Å². The van der Waals surface area contributed by atoms with E-state index in [2.05, 4.69) is 20.6 Å². The van der Waals surface area contributed by atoms with Gasteiger partial charge in [-0.3, -0.25) is 10.1 Å². The zero-order chi connectivity index (χ0) is 18.6. The Morgan fingerprint density at radius 2 is 2.04 bits per heavy atom. The minimum Gasteiger partial charge on any atom is -0.298 e. The van der Waals surface area contributed by atoms with Crippen molar-refractivity contribution in [3.63, 3.8) is 0 Å². The molecular weight excluding hydrogens is 358 g/mol. The van der Waals surface area contributed by atoms with Crippen LogP contribution in [0.2, 0.25) is 0 Å². The van der Waals surface area contributed by atoms with Gasteiger partial charge in [-0.2, -0.15) is 0 Å². The maximum Gasteiger partial charge on any atom is 0.250 e. The van der Waals surface area contributed by atoms with Gasteiger partial charge >= 0.3 is 0 Å². The number of amides is 1. The lowest BCUT2D eigenvalue weighted by molar-refractivity contribution is -0.111. The zero-order valence-electron chi connectivity index (χ0n) is 14.7. The predicted molar refractivity (Wildman–Crippen MR) is 108 cm³/mol. The number of nitrogens with one attached hydrogen (secondary N) is 1. The highest BCUT2D eigenvalue weighted by Crippen LogP contribution is 2.27. The van der Waals surface area contributed by atoms with Crippen molar-refractivity contribution in [2.75, 3.05) is 5.32 Å². The van der Waals surface area contributed by atoms with Crippen molar-refractivity contribution in [1.82, 2.24) is 20.0 Å². The average molecular weight is 375 g/mol. The lowest BCUT2D eigenvalue weighted by Gasteiger charge is -1.98. The van der Waals surface area contributed by atoms with Gasteiger partial charge < -0.3 is 0 Å². The van der Waals surface area contributed by atoms with Crippen LogP contribution < -0.4 is 5.32 Å². The average Bonchev–Trinajstić information content (AvgIpc) is 3.28. The predicted octanol–water partition coefficient (Wildman–Crippen LogP) is 3.90. The standard InChI is InChI=1S/C20H17N5OS/c1-14-6-5-9-17-19(14)22-20(27-17)21-18(26)11-10-16-13-25(24-23-16)12-15-7-3-2-4-8-15/h2-11,13H,12H2,1H3,(H,21,22,26)/b11-10+. The largest absolute Gasteiger partial charge is 0.298 e. The summed E-state index contributed by atoms with van der Waals surface area (Å²) in [6.45, 7) is 2.64. The van der Waals surface area contributed by atoms with E-state index in [1.54, 1.807) is 17.0 Å². The van der Waals surface area contributed by atoms with Crippen LogP contribution in [0.5, 0.6) is 0 Å². The maximum absolute atomic E-state index is 12.2. The Kier molecular flexibility index (Phi) is 4.76. The molecule has 0 radical (unpaired) electrons. The maximum atomic E-state index is 12.2. The van der Waals surface area contributed by atoms with Crippen molar-refractivity contribution in [3.8, 4) is 0 Å². The first-order valence-corrected chi connectivity index (χ1v) is 9.28. The van der Waals surface area contributed by atoms with E-state index in [0.717, 1.165) is 21.3 Å². The summed E-state index contributed by atoms with van der Waals surface area (Å²) in [4.78, 5) is 16.6. The van der Waals surface area contributed by atoms with Crippen LogP contribution in [-0.4, -0.2) is 25.9 Å². The van der Waals surface area contributed by atoms with Crippen molar-refractivity contribution in [3.05, 3.63) is 77.6 Å². The van der Waals surface area contributed by atoms with Crippen LogP contribution in [0.25, 0.3) is 16.3 Å². The fourth-order valence-electron chi connectivity index (χ4n) is 2.69. The van der Waals surface area contributed by atoms with Gasteiger partial charge in [-0.1, -0.05) is 59.0 Å². The topological polar surface area (TPSA) is 72.7 Å². The zero-order valence-corrected chi connectivity index (χ0v) is 15.5. The molecule has 1 amide bonds. The summed E-state index contributed by atoms with van der Waals surface area (Å²) in [6.07, 6.45) is 4.88. The highest BCUT2D eigenvalue weighted by atomic mass is 32.1. The summed E-state index contributed by atoms with van der Waals surface area (Å²) in [5, 5.41) is 11.5. The molecule has 2 aromatic heterocycles. The number of fused-ring (bicyclic) bond motifs is 1. The molecule has 0 bridgehead atoms. The first-order valence-electron chi connectivity index (χ1n) is 8.47. The SMILES string of the molecule is Cc1cccc2sc(NC(=O)/C=C/c3cn(Cc4ccccc4)nn3)nc12. The summed E-state index contributed by atoms with van der Waals surface area (Å²) in [6, 6.07) is 16.0. The van der Waals surface area contributed by atoms with Crippen LogP contribution in [0, 0.1) is 6.92 Å². The van der Waals surface area contributed by atoms with Crippen molar-refractivity contribution in [2.45, 2.75) is 13.5 Å². The molecule has 1 N–H and O–H groups in total. The molecule has 0 aliphatic carbocycles. The number of carbonyl (C=O) groups excluding carboxylic acids is 1. The van der Waals surface area contributed by atoms with Gasteiger partial charge in [-0.15, -0.1) is 5.10 Å². The van der Waals surface area contributed by atoms with E-state index in [-0.39, 0.29) is 5.91 Å². The van der Waals surface area contributed by atoms with Crippen molar-refractivity contribution >= 4 is 38.7 Å². The number of hydrogen-bond donors (Lipinski definition) is 1. The Morgan fingerprint density at radius 1 is 1.19 bits per heavy atom. The summed E-state index contributed by atoms with van der Waals surface area (Å²) in [5.41, 5.74) is 3.78. The molecule has 0 aliphatic heterocycles. The van der Waals surface area contributed by atoms with Gasteiger partial charge in [0.05, 0.1) is 23.0 Å². The molecule has 4 rings (SSSR count). The fraction of sp³-hybridized carbons (Fsp3) is 0.100. The molecule has 0 unspecified atom stereocenters. The number of thiazole rings is 1. The van der Waals surface area contributed by atoms with E-state index in [0.29, 0.717) is 17.4 Å². The van der Waals surface area contributed by atoms with Gasteiger partial charge in [0.1, 0.15) is 5.69 Å². The second-order valence-corrected chi connectivity index (χ2v) is 7.12. The Hall–Kier alpha value is -3.32. The summed E-state index contributed by atoms with van der Waals surface area (Å²) in [7, 11) is 0. The number of rotatable bonds is 5.